The molecule has 9 rings (SSSR count). The van der Waals surface area contributed by atoms with Crippen LogP contribution in [0.5, 0.6) is 0 Å². The SMILES string of the molecule is Cc1cc(-c2ncnc3[nH]c4cc(N5CCN(CC6CCN(c7ccc(N8CCC(=O)NC8=O)cc7)CC6)CC5)c(C)cc4c23)c(F)cc1[C@@H](C)NC(=O)c1noc(C(C)(C)C)n1. The van der Waals surface area contributed by atoms with E-state index in [1.807, 2.05) is 39.8 Å². The molecule has 3 aliphatic rings. The van der Waals surface area contributed by atoms with Crippen LogP contribution >= 0.6 is 0 Å². The lowest BCUT2D eigenvalue weighted by atomic mass is 9.95. The molecule has 3 fully saturated rings. The standard InChI is InChI=1S/C47H54FN11O4/c1-27-21-34(36(48)23-33(27)29(3)51-44(61)43-54-45(63-55-43)47(4,5)6)41-40-35-22-28(2)38(24-37(35)52-42(40)50-26-49-41)58-19-17-56(18-20-58)25-30-11-14-57(15-12-30)31-7-9-32(10-8-31)59-16-13-39(60)53-46(59)62/h7-10,21-24,26,29-30H,11-20,25H2,1-6H3,(H,51,61)(H,49,50,52)(H,53,60,62)/t29-/m1/s1. The number of carbonyl (C=O) groups excluding carboxylic acids is 3. The Morgan fingerprint density at radius 2 is 1.65 bits per heavy atom. The smallest absolute Gasteiger partial charge is 0.328 e. The molecule has 0 unspecified atom stereocenters. The minimum Gasteiger partial charge on any atom is -0.372 e. The second-order valence-corrected chi connectivity index (χ2v) is 18.3. The van der Waals surface area contributed by atoms with Crippen LogP contribution in [0.25, 0.3) is 33.2 Å². The van der Waals surface area contributed by atoms with Crippen molar-refractivity contribution in [3.63, 3.8) is 0 Å². The first kappa shape index (κ1) is 41.9. The summed E-state index contributed by atoms with van der Waals surface area (Å²) in [5.41, 5.74) is 7.73. The molecule has 3 N–H and O–H groups in total. The van der Waals surface area contributed by atoms with Crippen molar-refractivity contribution in [2.24, 2.45) is 5.92 Å². The predicted octanol–water partition coefficient (Wildman–Crippen LogP) is 7.19. The molecule has 16 heteroatoms. The van der Waals surface area contributed by atoms with Crippen molar-refractivity contribution in [1.82, 2.24) is 40.6 Å². The summed E-state index contributed by atoms with van der Waals surface area (Å²) < 4.78 is 21.5. The van der Waals surface area contributed by atoms with E-state index in [1.165, 1.54) is 18.1 Å². The number of aryl methyl sites for hydroxylation is 2. The van der Waals surface area contributed by atoms with E-state index in [1.54, 1.807) is 17.9 Å². The molecule has 4 amide bonds. The predicted molar refractivity (Wildman–Crippen MR) is 241 cm³/mol. The number of amides is 4. The molecular weight excluding hydrogens is 802 g/mol. The van der Waals surface area contributed by atoms with Gasteiger partial charge in [-0.25, -0.2) is 19.2 Å². The third-order valence-electron chi connectivity index (χ3n) is 12.8. The first-order chi connectivity index (χ1) is 30.2. The Morgan fingerprint density at radius 1 is 0.921 bits per heavy atom. The summed E-state index contributed by atoms with van der Waals surface area (Å²) in [7, 11) is 0. The molecule has 0 aliphatic carbocycles. The third kappa shape index (κ3) is 8.43. The molecular formula is C47H54FN11O4. The van der Waals surface area contributed by atoms with Crippen molar-refractivity contribution in [2.45, 2.75) is 72.3 Å². The van der Waals surface area contributed by atoms with Gasteiger partial charge >= 0.3 is 6.03 Å². The summed E-state index contributed by atoms with van der Waals surface area (Å²) >= 11 is 0. The van der Waals surface area contributed by atoms with E-state index in [2.05, 4.69) is 81.6 Å². The fraction of sp³-hybridized carbons (Fsp3) is 0.426. The minimum atomic E-state index is -0.525. The first-order valence-corrected chi connectivity index (χ1v) is 21.9. The second-order valence-electron chi connectivity index (χ2n) is 18.3. The van der Waals surface area contributed by atoms with E-state index in [9.17, 15) is 14.4 Å². The maximum absolute atomic E-state index is 16.2. The van der Waals surface area contributed by atoms with Gasteiger partial charge in [0.2, 0.25) is 11.8 Å². The Labute approximate surface area is 365 Å². The van der Waals surface area contributed by atoms with Crippen molar-refractivity contribution in [2.75, 3.05) is 67.1 Å². The third-order valence-corrected chi connectivity index (χ3v) is 12.8. The number of hydrogen-bond donors (Lipinski definition) is 3. The van der Waals surface area contributed by atoms with E-state index in [0.717, 1.165) is 97.4 Å². The highest BCUT2D eigenvalue weighted by atomic mass is 19.1. The maximum Gasteiger partial charge on any atom is 0.328 e. The van der Waals surface area contributed by atoms with Gasteiger partial charge in [-0.1, -0.05) is 25.9 Å². The topological polar surface area (TPSA) is 169 Å². The molecule has 0 radical (unpaired) electrons. The van der Waals surface area contributed by atoms with E-state index >= 15 is 4.39 Å². The lowest BCUT2D eigenvalue weighted by Crippen LogP contribution is -2.49. The number of hydrogen-bond acceptors (Lipinski definition) is 11. The van der Waals surface area contributed by atoms with Gasteiger partial charge in [-0.3, -0.25) is 24.7 Å². The molecule has 63 heavy (non-hydrogen) atoms. The number of aromatic nitrogens is 5. The van der Waals surface area contributed by atoms with Gasteiger partial charge in [0.25, 0.3) is 11.7 Å². The fourth-order valence-corrected chi connectivity index (χ4v) is 9.28. The first-order valence-electron chi connectivity index (χ1n) is 21.9. The monoisotopic (exact) mass is 855 g/mol. The van der Waals surface area contributed by atoms with Gasteiger partial charge in [0, 0.05) is 97.7 Å². The van der Waals surface area contributed by atoms with Gasteiger partial charge in [-0.15, -0.1) is 0 Å². The molecule has 3 aliphatic heterocycles. The number of halogens is 1. The molecule has 1 atom stereocenters. The Morgan fingerprint density at radius 3 is 2.35 bits per heavy atom. The Kier molecular flexibility index (Phi) is 11.1. The summed E-state index contributed by atoms with van der Waals surface area (Å²) in [6.45, 7) is 18.9. The Hall–Kier alpha value is -6.42. The Bertz CT molecular complexity index is 2710. The molecule has 6 heterocycles. The summed E-state index contributed by atoms with van der Waals surface area (Å²) in [5.74, 6) is -0.243. The van der Waals surface area contributed by atoms with Crippen molar-refractivity contribution < 1.29 is 23.3 Å². The highest BCUT2D eigenvalue weighted by molar-refractivity contribution is 6.13. The van der Waals surface area contributed by atoms with Crippen LogP contribution in [0, 0.1) is 25.6 Å². The number of nitrogens with one attached hydrogen (secondary N) is 3. The maximum atomic E-state index is 16.2. The van der Waals surface area contributed by atoms with Crippen LogP contribution in [0.3, 0.4) is 0 Å². The van der Waals surface area contributed by atoms with E-state index in [-0.39, 0.29) is 17.8 Å². The zero-order valence-electron chi connectivity index (χ0n) is 36.7. The number of anilines is 3. The van der Waals surface area contributed by atoms with Crippen LogP contribution in [0.1, 0.15) is 86.2 Å². The van der Waals surface area contributed by atoms with Crippen molar-refractivity contribution >= 4 is 56.8 Å². The summed E-state index contributed by atoms with van der Waals surface area (Å²) in [6, 6.07) is 14.8. The van der Waals surface area contributed by atoms with Gasteiger partial charge < -0.3 is 24.6 Å². The summed E-state index contributed by atoms with van der Waals surface area (Å²) in [4.78, 5) is 62.9. The summed E-state index contributed by atoms with van der Waals surface area (Å²) in [6.07, 6.45) is 4.04. The van der Waals surface area contributed by atoms with Crippen molar-refractivity contribution in [3.05, 3.63) is 89.1 Å². The summed E-state index contributed by atoms with van der Waals surface area (Å²) in [5, 5.41) is 10.8. The zero-order chi connectivity index (χ0) is 44.2. The van der Waals surface area contributed by atoms with Crippen LogP contribution in [0.15, 0.2) is 59.4 Å². The lowest BCUT2D eigenvalue weighted by Gasteiger charge is -2.40. The molecule has 3 aromatic heterocycles. The van der Waals surface area contributed by atoms with Crippen LogP contribution in [0.2, 0.25) is 0 Å². The number of rotatable bonds is 9. The number of piperidine rings is 1. The fourth-order valence-electron chi connectivity index (χ4n) is 9.28. The number of imide groups is 1. The van der Waals surface area contributed by atoms with E-state index < -0.39 is 23.2 Å². The molecule has 15 nitrogen and oxygen atoms in total. The minimum absolute atomic E-state index is 0.0664. The van der Waals surface area contributed by atoms with E-state index in [4.69, 9.17) is 4.52 Å². The molecule has 3 aromatic carbocycles. The van der Waals surface area contributed by atoms with Gasteiger partial charge in [-0.05, 0) is 105 Å². The van der Waals surface area contributed by atoms with Crippen LogP contribution < -0.4 is 25.3 Å². The number of piperazine rings is 1. The van der Waals surface area contributed by atoms with Gasteiger partial charge in [0.1, 0.15) is 17.8 Å². The number of fused-ring (bicyclic) bond motifs is 3. The zero-order valence-corrected chi connectivity index (χ0v) is 36.7. The second kappa shape index (κ2) is 16.7. The molecule has 0 bridgehead atoms. The van der Waals surface area contributed by atoms with Crippen LogP contribution in [0.4, 0.5) is 26.2 Å². The van der Waals surface area contributed by atoms with Crippen molar-refractivity contribution in [1.29, 1.82) is 0 Å². The normalized spacial score (nSPS) is 17.5. The molecule has 6 aromatic rings. The molecule has 0 saturated carbocycles. The molecule has 0 spiro atoms. The average Bonchev–Trinajstić information content (AvgIpc) is 3.91. The lowest BCUT2D eigenvalue weighted by molar-refractivity contribution is -0.120. The van der Waals surface area contributed by atoms with Crippen LogP contribution in [-0.4, -0.2) is 100 Å². The average molecular weight is 856 g/mol. The highest BCUT2D eigenvalue weighted by Crippen LogP contribution is 2.38. The van der Waals surface area contributed by atoms with Gasteiger partial charge in [0.05, 0.1) is 17.1 Å². The number of aromatic amines is 1. The van der Waals surface area contributed by atoms with Crippen molar-refractivity contribution in [3.8, 4) is 11.3 Å². The highest BCUT2D eigenvalue weighted by Gasteiger charge is 2.29. The number of H-pyrrole nitrogens is 1. The van der Waals surface area contributed by atoms with Gasteiger partial charge in [-0.2, -0.15) is 4.98 Å². The number of urea groups is 1. The van der Waals surface area contributed by atoms with Crippen LogP contribution in [-0.2, 0) is 10.2 Å². The van der Waals surface area contributed by atoms with E-state index in [0.29, 0.717) is 47.2 Å². The number of nitrogens with zero attached hydrogens (tertiary/aromatic N) is 8. The largest absolute Gasteiger partial charge is 0.372 e. The molecule has 328 valence electrons. The van der Waals surface area contributed by atoms with Gasteiger partial charge in [0.15, 0.2) is 0 Å². The Balaban J connectivity index is 0.829. The molecule has 3 saturated heterocycles. The quantitative estimate of drug-likeness (QED) is 0.135. The number of benzene rings is 3. The number of carbonyl (C=O) groups is 3.